The molecular weight excluding hydrogens is 516 g/mol. The number of hydrogen-bond donors (Lipinski definition) is 0. The van der Waals surface area contributed by atoms with E-state index >= 15 is 0 Å². The van der Waals surface area contributed by atoms with Gasteiger partial charge in [-0.3, -0.25) is 19.6 Å². The lowest BCUT2D eigenvalue weighted by atomic mass is 9.78. The smallest absolute Gasteiger partial charge is 0.0159 e. The van der Waals surface area contributed by atoms with Crippen LogP contribution in [0.15, 0.2) is 0 Å². The Kier molecular flexibility index (Phi) is 11.2. The van der Waals surface area contributed by atoms with Gasteiger partial charge in [0.1, 0.15) is 0 Å². The average molecular weight is 589 g/mol. The van der Waals surface area contributed by atoms with Crippen molar-refractivity contribution in [2.24, 2.45) is 16.7 Å². The molecule has 0 aliphatic carbocycles. The minimum Gasteiger partial charge on any atom is -0.303 e. The predicted octanol–water partition coefficient (Wildman–Crippen LogP) is 5.44. The summed E-state index contributed by atoms with van der Waals surface area (Å²) < 4.78 is 0. The van der Waals surface area contributed by atoms with Crippen LogP contribution >= 0.6 is 0 Å². The van der Waals surface area contributed by atoms with Crippen molar-refractivity contribution in [3.63, 3.8) is 0 Å². The van der Waals surface area contributed by atoms with Crippen LogP contribution in [-0.4, -0.2) is 144 Å². The lowest BCUT2D eigenvalue weighted by Crippen LogP contribution is -2.60. The summed E-state index contributed by atoms with van der Waals surface area (Å²) in [4.78, 5) is 16.7. The maximum Gasteiger partial charge on any atom is 0.0159 e. The van der Waals surface area contributed by atoms with E-state index < -0.39 is 0 Å². The third kappa shape index (κ3) is 9.63. The zero-order valence-corrected chi connectivity index (χ0v) is 30.1. The van der Waals surface area contributed by atoms with Crippen molar-refractivity contribution in [3.05, 3.63) is 0 Å². The molecule has 1 unspecified atom stereocenters. The van der Waals surface area contributed by atoms with Gasteiger partial charge in [0.15, 0.2) is 0 Å². The van der Waals surface area contributed by atoms with Crippen molar-refractivity contribution >= 4 is 0 Å². The van der Waals surface area contributed by atoms with Crippen LogP contribution < -0.4 is 0 Å². The Morgan fingerprint density at radius 2 is 1.07 bits per heavy atom. The van der Waals surface area contributed by atoms with Crippen LogP contribution in [0.5, 0.6) is 0 Å². The summed E-state index contributed by atoms with van der Waals surface area (Å²) in [7, 11) is 0. The van der Waals surface area contributed by atoms with Crippen molar-refractivity contribution in [1.82, 2.24) is 29.4 Å². The first-order valence-corrected chi connectivity index (χ1v) is 17.8. The molecule has 0 saturated carbocycles. The van der Waals surface area contributed by atoms with E-state index in [4.69, 9.17) is 0 Å². The highest BCUT2D eigenvalue weighted by atomic mass is 15.3. The molecule has 4 heterocycles. The molecule has 0 amide bonds. The lowest BCUT2D eigenvalue weighted by molar-refractivity contribution is -0.0205. The highest BCUT2D eigenvalue weighted by Gasteiger charge is 2.39. The summed E-state index contributed by atoms with van der Waals surface area (Å²) in [6, 6.07) is 1.57. The van der Waals surface area contributed by atoms with Crippen LogP contribution in [0.3, 0.4) is 0 Å². The summed E-state index contributed by atoms with van der Waals surface area (Å²) in [5, 5.41) is 0. The lowest BCUT2D eigenvalue weighted by Gasteiger charge is -2.51. The maximum absolute atomic E-state index is 2.85. The van der Waals surface area contributed by atoms with Crippen LogP contribution in [0.25, 0.3) is 0 Å². The zero-order valence-electron chi connectivity index (χ0n) is 30.1. The van der Waals surface area contributed by atoms with Gasteiger partial charge in [0.2, 0.25) is 0 Å². The first-order valence-electron chi connectivity index (χ1n) is 17.8. The van der Waals surface area contributed by atoms with Crippen LogP contribution in [0.1, 0.15) is 102 Å². The summed E-state index contributed by atoms with van der Waals surface area (Å²) in [5.41, 5.74) is 1.29. The maximum atomic E-state index is 2.85. The largest absolute Gasteiger partial charge is 0.303 e. The van der Waals surface area contributed by atoms with E-state index in [0.717, 1.165) is 18.0 Å². The quantitative estimate of drug-likeness (QED) is 0.374. The Labute approximate surface area is 262 Å². The van der Waals surface area contributed by atoms with E-state index in [1.54, 1.807) is 0 Å². The second kappa shape index (κ2) is 13.6. The zero-order chi connectivity index (χ0) is 30.9. The summed E-state index contributed by atoms with van der Waals surface area (Å²) in [6.45, 7) is 44.4. The highest BCUT2D eigenvalue weighted by molar-refractivity contribution is 4.95. The molecule has 0 spiro atoms. The van der Waals surface area contributed by atoms with Crippen LogP contribution in [0.2, 0.25) is 0 Å². The average Bonchev–Trinajstić information content (AvgIpc) is 2.87. The number of piperazine rings is 2. The Hall–Kier alpha value is -0.240. The third-order valence-corrected chi connectivity index (χ3v) is 11.2. The molecule has 4 saturated heterocycles. The van der Waals surface area contributed by atoms with E-state index in [0.29, 0.717) is 16.4 Å². The second-order valence-electron chi connectivity index (χ2n) is 18.5. The number of nitrogens with zero attached hydrogens (tertiary/aromatic N) is 6. The molecule has 0 aromatic heterocycles. The van der Waals surface area contributed by atoms with Gasteiger partial charge >= 0.3 is 0 Å². The normalized spacial score (nSPS) is 28.9. The molecule has 4 rings (SSSR count). The van der Waals surface area contributed by atoms with Gasteiger partial charge in [-0.1, -0.05) is 41.5 Å². The Bertz CT molecular complexity index is 817. The Morgan fingerprint density at radius 1 is 0.548 bits per heavy atom. The van der Waals surface area contributed by atoms with Crippen molar-refractivity contribution in [3.8, 4) is 0 Å². The van der Waals surface area contributed by atoms with E-state index in [9.17, 15) is 0 Å². The standard InChI is InChI=1S/C36H72N6/c1-30-26-38(28-33(2,3)4)17-14-32(30)40-20-24-42(25-21-40)36(10,11)27-35(8,9)29-37-15-12-31(13-16-37)39-18-22-41(23-19-39)34(5,6)7/h30-32H,12-29H2,1-11H3/t30-,32?/m1/s1. The van der Waals surface area contributed by atoms with Crippen LogP contribution in [0.4, 0.5) is 0 Å². The molecule has 4 aliphatic heterocycles. The first kappa shape index (κ1) is 34.6. The molecule has 4 fully saturated rings. The van der Waals surface area contributed by atoms with Gasteiger partial charge in [-0.15, -0.1) is 0 Å². The van der Waals surface area contributed by atoms with E-state index in [-0.39, 0.29) is 5.54 Å². The molecule has 0 N–H and O–H groups in total. The molecule has 0 aromatic carbocycles. The minimum atomic E-state index is 0.252. The van der Waals surface area contributed by atoms with Gasteiger partial charge < -0.3 is 9.80 Å². The van der Waals surface area contributed by atoms with Crippen molar-refractivity contribution in [2.75, 3.05) is 91.6 Å². The fourth-order valence-corrected chi connectivity index (χ4v) is 9.38. The van der Waals surface area contributed by atoms with Gasteiger partial charge in [0, 0.05) is 95.2 Å². The molecule has 2 atom stereocenters. The van der Waals surface area contributed by atoms with Crippen LogP contribution in [0, 0.1) is 16.7 Å². The van der Waals surface area contributed by atoms with E-state index in [2.05, 4.69) is 106 Å². The van der Waals surface area contributed by atoms with E-state index in [1.807, 2.05) is 0 Å². The topological polar surface area (TPSA) is 19.4 Å². The van der Waals surface area contributed by atoms with Gasteiger partial charge in [0.25, 0.3) is 0 Å². The predicted molar refractivity (Wildman–Crippen MR) is 181 cm³/mol. The molecule has 0 bridgehead atoms. The molecular formula is C36H72N6. The highest BCUT2D eigenvalue weighted by Crippen LogP contribution is 2.35. The fraction of sp³-hybridized carbons (Fsp3) is 1.00. The fourth-order valence-electron chi connectivity index (χ4n) is 9.38. The number of piperidine rings is 2. The molecule has 0 radical (unpaired) electrons. The SMILES string of the molecule is C[C@@H]1CN(CC(C)(C)C)CCC1N1CCN(C(C)(C)CC(C)(C)CN2CCC(N3CCN(C(C)(C)C)CC3)CC2)CC1. The summed E-state index contributed by atoms with van der Waals surface area (Å²) >= 11 is 0. The Morgan fingerprint density at radius 3 is 1.60 bits per heavy atom. The monoisotopic (exact) mass is 589 g/mol. The number of hydrogen-bond acceptors (Lipinski definition) is 6. The van der Waals surface area contributed by atoms with Crippen molar-refractivity contribution in [1.29, 1.82) is 0 Å². The molecule has 246 valence electrons. The number of rotatable bonds is 8. The van der Waals surface area contributed by atoms with E-state index in [1.165, 1.54) is 117 Å². The summed E-state index contributed by atoms with van der Waals surface area (Å²) in [5.74, 6) is 0.775. The van der Waals surface area contributed by atoms with Gasteiger partial charge in [-0.25, -0.2) is 0 Å². The molecule has 4 aliphatic rings. The van der Waals surface area contributed by atoms with Crippen molar-refractivity contribution < 1.29 is 0 Å². The van der Waals surface area contributed by atoms with Gasteiger partial charge in [-0.05, 0) is 96.7 Å². The number of likely N-dealkylation sites (tertiary alicyclic amines) is 2. The van der Waals surface area contributed by atoms with Crippen LogP contribution in [-0.2, 0) is 0 Å². The van der Waals surface area contributed by atoms with Crippen molar-refractivity contribution in [2.45, 2.75) is 125 Å². The Balaban J connectivity index is 1.18. The molecule has 6 heteroatoms. The first-order chi connectivity index (χ1) is 19.4. The molecule has 0 aromatic rings. The molecule has 6 nitrogen and oxygen atoms in total. The van der Waals surface area contributed by atoms with Gasteiger partial charge in [-0.2, -0.15) is 0 Å². The minimum absolute atomic E-state index is 0.252. The third-order valence-electron chi connectivity index (χ3n) is 11.2. The molecule has 42 heavy (non-hydrogen) atoms. The summed E-state index contributed by atoms with van der Waals surface area (Å²) in [6.07, 6.45) is 5.32. The van der Waals surface area contributed by atoms with Gasteiger partial charge in [0.05, 0.1) is 0 Å². The second-order valence-corrected chi connectivity index (χ2v) is 18.5.